The fraction of sp³-hybridized carbons (Fsp3) is 0.308. The van der Waals surface area contributed by atoms with Crippen molar-refractivity contribution in [1.82, 2.24) is 14.8 Å². The minimum Gasteiger partial charge on any atom is -0.460 e. The summed E-state index contributed by atoms with van der Waals surface area (Å²) < 4.78 is 6.41. The zero-order valence-electron chi connectivity index (χ0n) is 11.0. The van der Waals surface area contributed by atoms with Gasteiger partial charge in [0.15, 0.2) is 0 Å². The van der Waals surface area contributed by atoms with Gasteiger partial charge in [0.1, 0.15) is 5.82 Å². The molecule has 0 saturated carbocycles. The maximum atomic E-state index is 11.9. The molecule has 5 nitrogen and oxygen atoms in total. The molecule has 1 aromatic heterocycles. The van der Waals surface area contributed by atoms with Gasteiger partial charge in [0, 0.05) is 0 Å². The summed E-state index contributed by atoms with van der Waals surface area (Å²) in [7, 11) is 0. The topological polar surface area (TPSA) is 57.0 Å². The number of aryl methyl sites for hydroxylation is 2. The van der Waals surface area contributed by atoms with Crippen LogP contribution in [-0.2, 0) is 4.74 Å². The standard InChI is InChI=1S/C13H14ClN3O2/c1-4-19-13(18)12-15-9(3)16-17(12)11-8(2)6-5-7-10(11)14/h5-7H,4H2,1-3H3. The Kier molecular flexibility index (Phi) is 3.85. The van der Waals surface area contributed by atoms with E-state index in [9.17, 15) is 4.79 Å². The van der Waals surface area contributed by atoms with Gasteiger partial charge in [-0.15, -0.1) is 0 Å². The van der Waals surface area contributed by atoms with E-state index in [4.69, 9.17) is 16.3 Å². The fourth-order valence-corrected chi connectivity index (χ4v) is 2.09. The Labute approximate surface area is 116 Å². The number of benzene rings is 1. The van der Waals surface area contributed by atoms with E-state index in [1.54, 1.807) is 19.9 Å². The first kappa shape index (κ1) is 13.5. The molecule has 0 amide bonds. The summed E-state index contributed by atoms with van der Waals surface area (Å²) in [6.07, 6.45) is 0. The number of carbonyl (C=O) groups excluding carboxylic acids is 1. The predicted molar refractivity (Wildman–Crippen MR) is 71.8 cm³/mol. The Morgan fingerprint density at radius 2 is 2.16 bits per heavy atom. The molecule has 0 atom stereocenters. The van der Waals surface area contributed by atoms with Gasteiger partial charge in [0.2, 0.25) is 5.82 Å². The van der Waals surface area contributed by atoms with Crippen molar-refractivity contribution in [3.05, 3.63) is 40.4 Å². The Balaban J connectivity index is 2.60. The molecule has 1 heterocycles. The van der Waals surface area contributed by atoms with Crippen molar-refractivity contribution >= 4 is 17.6 Å². The Hall–Kier alpha value is -1.88. The van der Waals surface area contributed by atoms with Crippen LogP contribution in [0.1, 0.15) is 28.9 Å². The summed E-state index contributed by atoms with van der Waals surface area (Å²) in [5, 5.41) is 4.74. The molecule has 100 valence electrons. The largest absolute Gasteiger partial charge is 0.460 e. The molecular formula is C13H14ClN3O2. The third-order valence-electron chi connectivity index (χ3n) is 2.57. The van der Waals surface area contributed by atoms with E-state index in [0.717, 1.165) is 5.56 Å². The number of carbonyl (C=O) groups is 1. The highest BCUT2D eigenvalue weighted by Gasteiger charge is 2.20. The van der Waals surface area contributed by atoms with Gasteiger partial charge in [-0.05, 0) is 32.4 Å². The quantitative estimate of drug-likeness (QED) is 0.811. The molecule has 1 aromatic carbocycles. The molecule has 0 radical (unpaired) electrons. The minimum atomic E-state index is -0.512. The van der Waals surface area contributed by atoms with Gasteiger partial charge in [0.25, 0.3) is 0 Å². The van der Waals surface area contributed by atoms with Gasteiger partial charge < -0.3 is 4.74 Å². The SMILES string of the molecule is CCOC(=O)c1nc(C)nn1-c1c(C)cccc1Cl. The lowest BCUT2D eigenvalue weighted by Crippen LogP contribution is -2.14. The molecule has 0 bridgehead atoms. The smallest absolute Gasteiger partial charge is 0.376 e. The molecule has 6 heteroatoms. The first-order valence-electron chi connectivity index (χ1n) is 5.91. The maximum absolute atomic E-state index is 11.9. The number of ether oxygens (including phenoxy) is 1. The summed E-state index contributed by atoms with van der Waals surface area (Å²) in [6, 6.07) is 5.48. The van der Waals surface area contributed by atoms with Crippen LogP contribution in [0, 0.1) is 13.8 Å². The summed E-state index contributed by atoms with van der Waals surface area (Å²) in [5.41, 5.74) is 1.55. The summed E-state index contributed by atoms with van der Waals surface area (Å²) >= 11 is 6.19. The molecule has 0 N–H and O–H groups in total. The Bertz CT molecular complexity index is 602. The van der Waals surface area contributed by atoms with Crippen molar-refractivity contribution in [2.75, 3.05) is 6.61 Å². The van der Waals surface area contributed by atoms with Crippen molar-refractivity contribution in [1.29, 1.82) is 0 Å². The van der Waals surface area contributed by atoms with Gasteiger partial charge in [-0.25, -0.2) is 14.5 Å². The number of halogens is 1. The van der Waals surface area contributed by atoms with Crippen LogP contribution < -0.4 is 0 Å². The maximum Gasteiger partial charge on any atom is 0.376 e. The molecule has 2 rings (SSSR count). The average Bonchev–Trinajstić information content (AvgIpc) is 2.71. The van der Waals surface area contributed by atoms with E-state index in [2.05, 4.69) is 10.1 Å². The van der Waals surface area contributed by atoms with Crippen molar-refractivity contribution in [2.24, 2.45) is 0 Å². The van der Waals surface area contributed by atoms with Gasteiger partial charge >= 0.3 is 5.97 Å². The van der Waals surface area contributed by atoms with Gasteiger partial charge in [-0.3, -0.25) is 0 Å². The third-order valence-corrected chi connectivity index (χ3v) is 2.88. The van der Waals surface area contributed by atoms with Crippen LogP contribution in [0.2, 0.25) is 5.02 Å². The zero-order valence-corrected chi connectivity index (χ0v) is 11.7. The number of rotatable bonds is 3. The van der Waals surface area contributed by atoms with Crippen LogP contribution in [0.4, 0.5) is 0 Å². The Morgan fingerprint density at radius 3 is 2.79 bits per heavy atom. The molecular weight excluding hydrogens is 266 g/mol. The normalized spacial score (nSPS) is 10.5. The number of esters is 1. The van der Waals surface area contributed by atoms with Crippen LogP contribution in [0.25, 0.3) is 5.69 Å². The van der Waals surface area contributed by atoms with E-state index >= 15 is 0 Å². The number of aromatic nitrogens is 3. The van der Waals surface area contributed by atoms with Crippen molar-refractivity contribution in [3.63, 3.8) is 0 Å². The predicted octanol–water partition coefficient (Wildman–Crippen LogP) is 2.71. The molecule has 0 fully saturated rings. The number of para-hydroxylation sites is 1. The fourth-order valence-electron chi connectivity index (χ4n) is 1.79. The van der Waals surface area contributed by atoms with Crippen LogP contribution in [0.5, 0.6) is 0 Å². The molecule has 0 aliphatic heterocycles. The third kappa shape index (κ3) is 2.61. The first-order valence-corrected chi connectivity index (χ1v) is 6.28. The zero-order chi connectivity index (χ0) is 14.0. The highest BCUT2D eigenvalue weighted by molar-refractivity contribution is 6.32. The number of hydrogen-bond donors (Lipinski definition) is 0. The monoisotopic (exact) mass is 279 g/mol. The van der Waals surface area contributed by atoms with E-state index in [1.807, 2.05) is 19.1 Å². The molecule has 0 aliphatic rings. The van der Waals surface area contributed by atoms with Gasteiger partial charge in [0.05, 0.1) is 17.3 Å². The highest BCUT2D eigenvalue weighted by Crippen LogP contribution is 2.24. The number of nitrogens with zero attached hydrogens (tertiary/aromatic N) is 3. The van der Waals surface area contributed by atoms with Crippen molar-refractivity contribution in [3.8, 4) is 5.69 Å². The lowest BCUT2D eigenvalue weighted by atomic mass is 10.2. The van der Waals surface area contributed by atoms with Crippen LogP contribution >= 0.6 is 11.6 Å². The van der Waals surface area contributed by atoms with E-state index in [0.29, 0.717) is 16.5 Å². The van der Waals surface area contributed by atoms with E-state index in [-0.39, 0.29) is 12.4 Å². The second-order valence-corrected chi connectivity index (χ2v) is 4.43. The molecule has 2 aromatic rings. The first-order chi connectivity index (χ1) is 9.04. The van der Waals surface area contributed by atoms with Gasteiger partial charge in [-0.1, -0.05) is 23.7 Å². The van der Waals surface area contributed by atoms with Crippen LogP contribution in [0.3, 0.4) is 0 Å². The summed E-state index contributed by atoms with van der Waals surface area (Å²) in [4.78, 5) is 16.0. The second-order valence-electron chi connectivity index (χ2n) is 4.02. The van der Waals surface area contributed by atoms with Crippen molar-refractivity contribution in [2.45, 2.75) is 20.8 Å². The average molecular weight is 280 g/mol. The van der Waals surface area contributed by atoms with Crippen molar-refractivity contribution < 1.29 is 9.53 Å². The second kappa shape index (κ2) is 5.40. The summed E-state index contributed by atoms with van der Waals surface area (Å²) in [6.45, 7) is 5.64. The van der Waals surface area contributed by atoms with E-state index in [1.165, 1.54) is 4.68 Å². The van der Waals surface area contributed by atoms with E-state index < -0.39 is 5.97 Å². The van der Waals surface area contributed by atoms with Crippen LogP contribution in [0.15, 0.2) is 18.2 Å². The lowest BCUT2D eigenvalue weighted by Gasteiger charge is -2.10. The Morgan fingerprint density at radius 1 is 1.42 bits per heavy atom. The molecule has 0 saturated heterocycles. The molecule has 0 unspecified atom stereocenters. The summed E-state index contributed by atoms with van der Waals surface area (Å²) in [5.74, 6) is 0.111. The lowest BCUT2D eigenvalue weighted by molar-refractivity contribution is 0.0508. The minimum absolute atomic E-state index is 0.135. The molecule has 0 spiro atoms. The molecule has 0 aliphatic carbocycles. The number of hydrogen-bond acceptors (Lipinski definition) is 4. The highest BCUT2D eigenvalue weighted by atomic mass is 35.5. The van der Waals surface area contributed by atoms with Gasteiger partial charge in [-0.2, -0.15) is 5.10 Å². The molecule has 19 heavy (non-hydrogen) atoms. The van der Waals surface area contributed by atoms with Crippen LogP contribution in [-0.4, -0.2) is 27.3 Å².